The van der Waals surface area contributed by atoms with Crippen molar-refractivity contribution in [1.82, 2.24) is 4.98 Å². The minimum Gasteiger partial charge on any atom is -0.489 e. The van der Waals surface area contributed by atoms with Crippen LogP contribution in [0.3, 0.4) is 0 Å². The monoisotopic (exact) mass is 521 g/mol. The maximum Gasteiger partial charge on any atom is 0.416 e. The number of carbonyl (C=O) groups is 2. The first kappa shape index (κ1) is 26.2. The Balaban J connectivity index is 1.30. The fourth-order valence-electron chi connectivity index (χ4n) is 3.36. The standard InChI is InChI=1S/C28H22F3N3O4/c29-28(30,31)20-8-4-9-22(16-20)34-26-24(10-5-15-32-26)27(36)38-18-25(35)33-21-11-13-23(14-12-21)37-17-19-6-2-1-3-7-19/h1-16H,17-18H2,(H,32,34)(H,33,35). The molecule has 2 N–H and O–H groups in total. The summed E-state index contributed by atoms with van der Waals surface area (Å²) in [6.45, 7) is -0.176. The predicted octanol–water partition coefficient (Wildman–Crippen LogP) is 6.22. The molecule has 1 amide bonds. The van der Waals surface area contributed by atoms with E-state index in [-0.39, 0.29) is 17.1 Å². The Hall–Kier alpha value is -4.86. The molecule has 0 aliphatic heterocycles. The second-order valence-corrected chi connectivity index (χ2v) is 8.03. The van der Waals surface area contributed by atoms with Crippen LogP contribution >= 0.6 is 0 Å². The van der Waals surface area contributed by atoms with Gasteiger partial charge in [-0.25, -0.2) is 9.78 Å². The van der Waals surface area contributed by atoms with E-state index in [0.717, 1.165) is 17.7 Å². The summed E-state index contributed by atoms with van der Waals surface area (Å²) in [5.41, 5.74) is 0.689. The third-order valence-corrected chi connectivity index (χ3v) is 5.20. The second kappa shape index (κ2) is 11.9. The van der Waals surface area contributed by atoms with E-state index in [1.165, 1.54) is 30.5 Å². The number of nitrogens with one attached hydrogen (secondary N) is 2. The fourth-order valence-corrected chi connectivity index (χ4v) is 3.36. The van der Waals surface area contributed by atoms with Crippen LogP contribution in [-0.2, 0) is 22.3 Å². The van der Waals surface area contributed by atoms with E-state index >= 15 is 0 Å². The fraction of sp³-hybridized carbons (Fsp3) is 0.107. The number of amides is 1. The van der Waals surface area contributed by atoms with Gasteiger partial charge in [-0.2, -0.15) is 13.2 Å². The first-order valence-electron chi connectivity index (χ1n) is 11.4. The molecule has 0 radical (unpaired) electrons. The number of benzene rings is 3. The molecule has 38 heavy (non-hydrogen) atoms. The maximum atomic E-state index is 13.0. The molecule has 1 heterocycles. The number of halogens is 3. The molecule has 4 aromatic rings. The number of rotatable bonds is 9. The average molecular weight is 521 g/mol. The van der Waals surface area contributed by atoms with Crippen LogP contribution in [0.1, 0.15) is 21.5 Å². The summed E-state index contributed by atoms with van der Waals surface area (Å²) in [5, 5.41) is 5.31. The van der Waals surface area contributed by atoms with Gasteiger partial charge < -0.3 is 20.1 Å². The smallest absolute Gasteiger partial charge is 0.416 e. The molecule has 0 aliphatic carbocycles. The van der Waals surface area contributed by atoms with Crippen molar-refractivity contribution in [2.45, 2.75) is 12.8 Å². The molecule has 0 saturated heterocycles. The van der Waals surface area contributed by atoms with Gasteiger partial charge in [0.2, 0.25) is 0 Å². The SMILES string of the molecule is O=C(COC(=O)c1cccnc1Nc1cccc(C(F)(F)F)c1)Nc1ccc(OCc2ccccc2)cc1. The van der Waals surface area contributed by atoms with Gasteiger partial charge in [0.1, 0.15) is 23.7 Å². The summed E-state index contributed by atoms with van der Waals surface area (Å²) >= 11 is 0. The molecule has 194 valence electrons. The molecule has 0 atom stereocenters. The van der Waals surface area contributed by atoms with Gasteiger partial charge in [-0.1, -0.05) is 36.4 Å². The predicted molar refractivity (Wildman–Crippen MR) is 135 cm³/mol. The molecule has 0 saturated carbocycles. The van der Waals surface area contributed by atoms with Crippen molar-refractivity contribution < 1.29 is 32.2 Å². The molecule has 0 spiro atoms. The number of pyridine rings is 1. The average Bonchev–Trinajstić information content (AvgIpc) is 2.92. The number of ether oxygens (including phenoxy) is 2. The van der Waals surface area contributed by atoms with Crippen LogP contribution in [0.15, 0.2) is 97.2 Å². The number of hydrogen-bond acceptors (Lipinski definition) is 6. The summed E-state index contributed by atoms with van der Waals surface area (Å²) in [4.78, 5) is 28.9. The Bertz CT molecular complexity index is 1390. The lowest BCUT2D eigenvalue weighted by molar-refractivity contribution is -0.137. The quantitative estimate of drug-likeness (QED) is 0.254. The highest BCUT2D eigenvalue weighted by molar-refractivity contribution is 5.98. The Kier molecular flexibility index (Phi) is 8.22. The zero-order valence-electron chi connectivity index (χ0n) is 19.9. The first-order chi connectivity index (χ1) is 18.3. The molecule has 0 aliphatic rings. The molecule has 4 rings (SSSR count). The highest BCUT2D eigenvalue weighted by Crippen LogP contribution is 2.31. The summed E-state index contributed by atoms with van der Waals surface area (Å²) in [5.74, 6) is -0.834. The molecule has 0 unspecified atom stereocenters. The van der Waals surface area contributed by atoms with Gasteiger partial charge in [0, 0.05) is 17.6 Å². The summed E-state index contributed by atoms with van der Waals surface area (Å²) < 4.78 is 49.8. The summed E-state index contributed by atoms with van der Waals surface area (Å²) in [6, 6.07) is 23.7. The van der Waals surface area contributed by atoms with Crippen molar-refractivity contribution in [3.05, 3.63) is 114 Å². The number of carbonyl (C=O) groups excluding carboxylic acids is 2. The summed E-state index contributed by atoms with van der Waals surface area (Å²) in [7, 11) is 0. The molecule has 1 aromatic heterocycles. The van der Waals surface area contributed by atoms with E-state index in [0.29, 0.717) is 18.0 Å². The third kappa shape index (κ3) is 7.33. The Morgan fingerprint density at radius 3 is 2.34 bits per heavy atom. The van der Waals surface area contributed by atoms with Crippen LogP contribution in [0.5, 0.6) is 5.75 Å². The van der Waals surface area contributed by atoms with Crippen LogP contribution in [0.4, 0.5) is 30.4 Å². The zero-order chi connectivity index (χ0) is 27.0. The molecule has 3 aromatic carbocycles. The van der Waals surface area contributed by atoms with Gasteiger partial charge in [-0.15, -0.1) is 0 Å². The van der Waals surface area contributed by atoms with Gasteiger partial charge in [-0.3, -0.25) is 4.79 Å². The Morgan fingerprint density at radius 1 is 0.842 bits per heavy atom. The summed E-state index contributed by atoms with van der Waals surface area (Å²) in [6.07, 6.45) is -3.15. The first-order valence-corrected chi connectivity index (χ1v) is 11.4. The van der Waals surface area contributed by atoms with E-state index in [4.69, 9.17) is 9.47 Å². The highest BCUT2D eigenvalue weighted by atomic mass is 19.4. The van der Waals surface area contributed by atoms with Crippen LogP contribution < -0.4 is 15.4 Å². The number of nitrogens with zero attached hydrogens (tertiary/aromatic N) is 1. The maximum absolute atomic E-state index is 13.0. The largest absolute Gasteiger partial charge is 0.489 e. The Morgan fingerprint density at radius 2 is 1.61 bits per heavy atom. The number of esters is 1. The Labute approximate surface area is 216 Å². The van der Waals surface area contributed by atoms with Crippen LogP contribution in [0.25, 0.3) is 0 Å². The van der Waals surface area contributed by atoms with Crippen molar-refractivity contribution in [3.8, 4) is 5.75 Å². The highest BCUT2D eigenvalue weighted by Gasteiger charge is 2.30. The number of anilines is 3. The number of hydrogen-bond donors (Lipinski definition) is 2. The number of aromatic nitrogens is 1. The topological polar surface area (TPSA) is 89.6 Å². The molecular weight excluding hydrogens is 499 g/mol. The van der Waals surface area contributed by atoms with Gasteiger partial charge in [0.05, 0.1) is 5.56 Å². The second-order valence-electron chi connectivity index (χ2n) is 8.03. The van der Waals surface area contributed by atoms with Gasteiger partial charge in [0.25, 0.3) is 5.91 Å². The minimum atomic E-state index is -4.52. The van der Waals surface area contributed by atoms with Crippen LogP contribution in [0.2, 0.25) is 0 Å². The van der Waals surface area contributed by atoms with Gasteiger partial charge in [-0.05, 0) is 60.2 Å². The van der Waals surface area contributed by atoms with Crippen molar-refractivity contribution in [3.63, 3.8) is 0 Å². The van der Waals surface area contributed by atoms with Crippen LogP contribution in [0, 0.1) is 0 Å². The minimum absolute atomic E-state index is 0.0108. The molecular formula is C28H22F3N3O4. The van der Waals surface area contributed by atoms with Crippen molar-refractivity contribution in [1.29, 1.82) is 0 Å². The lowest BCUT2D eigenvalue weighted by Crippen LogP contribution is -2.21. The van der Waals surface area contributed by atoms with E-state index in [1.54, 1.807) is 24.3 Å². The van der Waals surface area contributed by atoms with Crippen molar-refractivity contribution in [2.75, 3.05) is 17.2 Å². The van der Waals surface area contributed by atoms with E-state index in [9.17, 15) is 22.8 Å². The lowest BCUT2D eigenvalue weighted by Gasteiger charge is -2.13. The molecule has 7 nitrogen and oxygen atoms in total. The molecule has 0 fully saturated rings. The number of alkyl halides is 3. The normalized spacial score (nSPS) is 10.9. The van der Waals surface area contributed by atoms with Gasteiger partial charge in [0.15, 0.2) is 6.61 Å². The zero-order valence-corrected chi connectivity index (χ0v) is 19.9. The van der Waals surface area contributed by atoms with Crippen molar-refractivity contribution in [2.24, 2.45) is 0 Å². The van der Waals surface area contributed by atoms with E-state index < -0.39 is 30.2 Å². The van der Waals surface area contributed by atoms with E-state index in [1.807, 2.05) is 30.3 Å². The lowest BCUT2D eigenvalue weighted by atomic mass is 10.2. The molecule has 10 heteroatoms. The van der Waals surface area contributed by atoms with Crippen molar-refractivity contribution >= 4 is 29.1 Å². The van der Waals surface area contributed by atoms with Gasteiger partial charge >= 0.3 is 12.1 Å². The molecule has 0 bridgehead atoms. The van der Waals surface area contributed by atoms with E-state index in [2.05, 4.69) is 15.6 Å². The van der Waals surface area contributed by atoms with Crippen LogP contribution in [-0.4, -0.2) is 23.5 Å². The third-order valence-electron chi connectivity index (χ3n) is 5.20.